The van der Waals surface area contributed by atoms with E-state index in [1.54, 1.807) is 36.9 Å². The summed E-state index contributed by atoms with van der Waals surface area (Å²) < 4.78 is 0. The maximum Gasteiger partial charge on any atom is 0.253 e. The number of piperidine rings is 1. The van der Waals surface area contributed by atoms with Crippen molar-refractivity contribution in [3.8, 4) is 11.3 Å². The Labute approximate surface area is 159 Å². The second-order valence-electron chi connectivity index (χ2n) is 6.99. The third-order valence-corrected chi connectivity index (χ3v) is 5.04. The van der Waals surface area contributed by atoms with Crippen LogP contribution in [-0.2, 0) is 0 Å². The van der Waals surface area contributed by atoms with E-state index in [-0.39, 0.29) is 11.8 Å². The van der Waals surface area contributed by atoms with Gasteiger partial charge in [0, 0.05) is 54.9 Å². The van der Waals surface area contributed by atoms with E-state index < -0.39 is 0 Å². The maximum atomic E-state index is 12.8. The van der Waals surface area contributed by atoms with E-state index in [9.17, 15) is 4.79 Å². The van der Waals surface area contributed by atoms with Gasteiger partial charge in [0.25, 0.3) is 5.91 Å². The van der Waals surface area contributed by atoms with Gasteiger partial charge in [-0.1, -0.05) is 23.8 Å². The molecule has 1 amide bonds. The van der Waals surface area contributed by atoms with E-state index in [1.807, 2.05) is 11.0 Å². The Morgan fingerprint density at radius 1 is 1.07 bits per heavy atom. The molecule has 27 heavy (non-hydrogen) atoms. The Morgan fingerprint density at radius 3 is 2.70 bits per heavy atom. The molecule has 3 heterocycles. The monoisotopic (exact) mass is 358 g/mol. The lowest BCUT2D eigenvalue weighted by molar-refractivity contribution is 0.0706. The number of aryl methyl sites for hydroxylation is 1. The zero-order valence-corrected chi connectivity index (χ0v) is 15.4. The second-order valence-corrected chi connectivity index (χ2v) is 6.99. The number of rotatable bonds is 3. The Balaban J connectivity index is 1.62. The molecule has 0 saturated carbocycles. The van der Waals surface area contributed by atoms with Crippen LogP contribution < -0.4 is 0 Å². The zero-order valence-electron chi connectivity index (χ0n) is 15.4. The van der Waals surface area contributed by atoms with Crippen molar-refractivity contribution >= 4 is 5.91 Å². The smallest absolute Gasteiger partial charge is 0.253 e. The summed E-state index contributed by atoms with van der Waals surface area (Å²) in [6.07, 6.45) is 8.78. The number of pyridine rings is 1. The van der Waals surface area contributed by atoms with Gasteiger partial charge in [-0.25, -0.2) is 0 Å². The third-order valence-electron chi connectivity index (χ3n) is 5.04. The van der Waals surface area contributed by atoms with Crippen molar-refractivity contribution < 1.29 is 4.79 Å². The first-order valence-electron chi connectivity index (χ1n) is 9.29. The summed E-state index contributed by atoms with van der Waals surface area (Å²) >= 11 is 0. The van der Waals surface area contributed by atoms with Crippen molar-refractivity contribution in [1.29, 1.82) is 0 Å². The fourth-order valence-corrected chi connectivity index (χ4v) is 3.72. The predicted octanol–water partition coefficient (Wildman–Crippen LogP) is 3.87. The highest BCUT2D eigenvalue weighted by Gasteiger charge is 2.28. The molecule has 0 spiro atoms. The number of carbonyl (C=O) groups excluding carboxylic acids is 1. The van der Waals surface area contributed by atoms with Gasteiger partial charge >= 0.3 is 0 Å². The van der Waals surface area contributed by atoms with Crippen LogP contribution in [0.25, 0.3) is 11.3 Å². The van der Waals surface area contributed by atoms with E-state index in [0.29, 0.717) is 12.1 Å². The summed E-state index contributed by atoms with van der Waals surface area (Å²) in [7, 11) is 0. The standard InChI is InChI=1S/C22H22N4O/c1-16-4-2-5-18(14-16)20-21(25-12-11-24-20)19-6-3-13-26(15-19)22(27)17-7-9-23-10-8-17/h2,4-5,7-12,14,19H,3,6,13,15H2,1H3/t19-/m0/s1. The van der Waals surface area contributed by atoms with Gasteiger partial charge in [-0.15, -0.1) is 0 Å². The van der Waals surface area contributed by atoms with E-state index in [0.717, 1.165) is 36.3 Å². The fraction of sp³-hybridized carbons (Fsp3) is 0.273. The van der Waals surface area contributed by atoms with Crippen molar-refractivity contribution in [3.63, 3.8) is 0 Å². The van der Waals surface area contributed by atoms with Crippen molar-refractivity contribution in [2.24, 2.45) is 0 Å². The molecule has 1 atom stereocenters. The maximum absolute atomic E-state index is 12.8. The van der Waals surface area contributed by atoms with Crippen LogP contribution in [0.5, 0.6) is 0 Å². The molecule has 2 aromatic heterocycles. The Morgan fingerprint density at radius 2 is 1.89 bits per heavy atom. The molecule has 1 fully saturated rings. The van der Waals surface area contributed by atoms with Crippen molar-refractivity contribution in [2.45, 2.75) is 25.7 Å². The van der Waals surface area contributed by atoms with E-state index >= 15 is 0 Å². The van der Waals surface area contributed by atoms with Gasteiger partial charge in [0.2, 0.25) is 0 Å². The lowest BCUT2D eigenvalue weighted by Crippen LogP contribution is -2.39. The average molecular weight is 358 g/mol. The summed E-state index contributed by atoms with van der Waals surface area (Å²) in [6.45, 7) is 3.52. The van der Waals surface area contributed by atoms with Gasteiger partial charge in [-0.2, -0.15) is 0 Å². The highest BCUT2D eigenvalue weighted by atomic mass is 16.2. The Kier molecular flexibility index (Phi) is 4.92. The molecule has 1 saturated heterocycles. The van der Waals surface area contributed by atoms with Gasteiger partial charge < -0.3 is 4.90 Å². The molecule has 5 heteroatoms. The van der Waals surface area contributed by atoms with Crippen LogP contribution in [0.2, 0.25) is 0 Å². The number of aromatic nitrogens is 3. The zero-order chi connectivity index (χ0) is 18.6. The number of amides is 1. The predicted molar refractivity (Wildman–Crippen MR) is 104 cm³/mol. The van der Waals surface area contributed by atoms with Crippen molar-refractivity contribution in [2.75, 3.05) is 13.1 Å². The quantitative estimate of drug-likeness (QED) is 0.713. The molecule has 0 aliphatic carbocycles. The lowest BCUT2D eigenvalue weighted by atomic mass is 9.91. The van der Waals surface area contributed by atoms with E-state index in [4.69, 9.17) is 0 Å². The number of hydrogen-bond donors (Lipinski definition) is 0. The van der Waals surface area contributed by atoms with E-state index in [2.05, 4.69) is 40.1 Å². The molecule has 0 unspecified atom stereocenters. The highest BCUT2D eigenvalue weighted by Crippen LogP contribution is 2.32. The van der Waals surface area contributed by atoms with Crippen molar-refractivity contribution in [3.05, 3.63) is 78.0 Å². The van der Waals surface area contributed by atoms with Crippen LogP contribution >= 0.6 is 0 Å². The first-order chi connectivity index (χ1) is 13.2. The third kappa shape index (κ3) is 3.72. The van der Waals surface area contributed by atoms with Gasteiger partial charge in [0.05, 0.1) is 11.4 Å². The molecular weight excluding hydrogens is 336 g/mol. The first-order valence-corrected chi connectivity index (χ1v) is 9.29. The SMILES string of the molecule is Cc1cccc(-c2nccnc2[C@H]2CCCN(C(=O)c3ccncc3)C2)c1. The second kappa shape index (κ2) is 7.66. The molecule has 0 radical (unpaired) electrons. The summed E-state index contributed by atoms with van der Waals surface area (Å²) in [6, 6.07) is 11.9. The number of benzene rings is 1. The molecule has 0 bridgehead atoms. The van der Waals surface area contributed by atoms with Crippen LogP contribution in [0.1, 0.15) is 40.4 Å². The normalized spacial score (nSPS) is 16.9. The molecule has 3 aromatic rings. The average Bonchev–Trinajstić information content (AvgIpc) is 2.74. The van der Waals surface area contributed by atoms with Gasteiger partial charge in [0.1, 0.15) is 0 Å². The number of carbonyl (C=O) groups is 1. The highest BCUT2D eigenvalue weighted by molar-refractivity contribution is 5.94. The summed E-state index contributed by atoms with van der Waals surface area (Å²) in [5.41, 5.74) is 4.86. The Hall–Kier alpha value is -3.08. The van der Waals surface area contributed by atoms with Gasteiger partial charge in [-0.3, -0.25) is 19.7 Å². The molecule has 4 rings (SSSR count). The van der Waals surface area contributed by atoms with Crippen LogP contribution in [0.15, 0.2) is 61.2 Å². The van der Waals surface area contributed by atoms with Crippen LogP contribution in [-0.4, -0.2) is 38.8 Å². The van der Waals surface area contributed by atoms with E-state index in [1.165, 1.54) is 5.56 Å². The topological polar surface area (TPSA) is 59.0 Å². The molecule has 0 N–H and O–H groups in total. The molecule has 1 aromatic carbocycles. The summed E-state index contributed by atoms with van der Waals surface area (Å²) in [4.78, 5) is 28.0. The molecule has 5 nitrogen and oxygen atoms in total. The van der Waals surface area contributed by atoms with Crippen molar-refractivity contribution in [1.82, 2.24) is 19.9 Å². The largest absolute Gasteiger partial charge is 0.338 e. The van der Waals surface area contributed by atoms with Gasteiger partial charge in [0.15, 0.2) is 0 Å². The Bertz CT molecular complexity index is 942. The molecular formula is C22H22N4O. The molecule has 1 aliphatic rings. The van der Waals surface area contributed by atoms with Crippen LogP contribution in [0.3, 0.4) is 0 Å². The molecule has 136 valence electrons. The number of nitrogens with zero attached hydrogens (tertiary/aromatic N) is 4. The summed E-state index contributed by atoms with van der Waals surface area (Å²) in [5.74, 6) is 0.247. The minimum absolute atomic E-state index is 0.0584. The lowest BCUT2D eigenvalue weighted by Gasteiger charge is -2.33. The minimum Gasteiger partial charge on any atom is -0.338 e. The van der Waals surface area contributed by atoms with Gasteiger partial charge in [-0.05, 0) is 38.0 Å². The van der Waals surface area contributed by atoms with Crippen LogP contribution in [0, 0.1) is 6.92 Å². The number of likely N-dealkylation sites (tertiary alicyclic amines) is 1. The minimum atomic E-state index is 0.0584. The van der Waals surface area contributed by atoms with Crippen LogP contribution in [0.4, 0.5) is 0 Å². The molecule has 1 aliphatic heterocycles. The fourth-order valence-electron chi connectivity index (χ4n) is 3.72. The first kappa shape index (κ1) is 17.3. The summed E-state index contributed by atoms with van der Waals surface area (Å²) in [5, 5.41) is 0. The number of hydrogen-bond acceptors (Lipinski definition) is 4.